The minimum absolute atomic E-state index is 0.270. The molecule has 0 aromatic heterocycles. The Balaban J connectivity index is 2.90. The summed E-state index contributed by atoms with van der Waals surface area (Å²) in [5.74, 6) is -1.53. The average Bonchev–Trinajstić information content (AvgIpc) is 2.30. The average molecular weight is 274 g/mol. The normalized spacial score (nSPS) is 12.2. The molecular formula is C13H13F3O3. The number of ether oxygens (including phenoxy) is 2. The molecule has 0 saturated carbocycles. The number of alkyl halides is 3. The maximum absolute atomic E-state index is 12.2. The van der Waals surface area contributed by atoms with Gasteiger partial charge in [0.15, 0.2) is 11.5 Å². The van der Waals surface area contributed by atoms with Crippen molar-refractivity contribution >= 4 is 5.97 Å². The number of halogens is 3. The van der Waals surface area contributed by atoms with E-state index in [2.05, 4.69) is 4.74 Å². The third-order valence-electron chi connectivity index (χ3n) is 2.11. The van der Waals surface area contributed by atoms with E-state index in [1.807, 2.05) is 6.92 Å². The van der Waals surface area contributed by atoms with Gasteiger partial charge in [-0.05, 0) is 25.5 Å². The van der Waals surface area contributed by atoms with Gasteiger partial charge >= 0.3 is 12.3 Å². The molecule has 0 heterocycles. The van der Waals surface area contributed by atoms with Gasteiger partial charge in [-0.1, -0.05) is 25.1 Å². The minimum atomic E-state index is -4.84. The highest BCUT2D eigenvalue weighted by atomic mass is 19.4. The molecule has 6 heteroatoms. The van der Waals surface area contributed by atoms with Crippen molar-refractivity contribution in [2.75, 3.05) is 0 Å². The van der Waals surface area contributed by atoms with Crippen LogP contribution in [0.25, 0.3) is 0 Å². The van der Waals surface area contributed by atoms with Crippen LogP contribution in [0.15, 0.2) is 35.9 Å². The van der Waals surface area contributed by atoms with E-state index in [1.165, 1.54) is 25.1 Å². The summed E-state index contributed by atoms with van der Waals surface area (Å²) in [5, 5.41) is 0. The number of para-hydroxylation sites is 2. The van der Waals surface area contributed by atoms with E-state index in [4.69, 9.17) is 4.74 Å². The second-order valence-corrected chi connectivity index (χ2v) is 3.68. The van der Waals surface area contributed by atoms with Crippen molar-refractivity contribution in [3.05, 3.63) is 35.9 Å². The van der Waals surface area contributed by atoms with Gasteiger partial charge < -0.3 is 9.47 Å². The fraction of sp³-hybridized carbons (Fsp3) is 0.308. The van der Waals surface area contributed by atoms with Crippen LogP contribution in [0.5, 0.6) is 11.5 Å². The molecule has 19 heavy (non-hydrogen) atoms. The maximum Gasteiger partial charge on any atom is 0.573 e. The largest absolute Gasteiger partial charge is 0.573 e. The van der Waals surface area contributed by atoms with Crippen molar-refractivity contribution in [1.82, 2.24) is 0 Å². The number of carbonyl (C=O) groups is 1. The van der Waals surface area contributed by atoms with Crippen LogP contribution >= 0.6 is 0 Å². The molecular weight excluding hydrogens is 261 g/mol. The van der Waals surface area contributed by atoms with E-state index in [9.17, 15) is 18.0 Å². The third kappa shape index (κ3) is 5.03. The Bertz CT molecular complexity index is 478. The molecule has 0 atom stereocenters. The Labute approximate surface area is 108 Å². The number of rotatable bonds is 4. The first kappa shape index (κ1) is 15.1. The van der Waals surface area contributed by atoms with Crippen LogP contribution in [-0.4, -0.2) is 12.3 Å². The zero-order valence-electron chi connectivity index (χ0n) is 10.5. The zero-order valence-corrected chi connectivity index (χ0v) is 10.5. The number of allylic oxidation sites excluding steroid dienone is 1. The van der Waals surface area contributed by atoms with Crippen LogP contribution in [0.1, 0.15) is 20.3 Å². The van der Waals surface area contributed by atoms with Crippen LogP contribution in [-0.2, 0) is 4.79 Å². The zero-order chi connectivity index (χ0) is 14.5. The lowest BCUT2D eigenvalue weighted by atomic mass is 10.2. The number of esters is 1. The summed E-state index contributed by atoms with van der Waals surface area (Å²) in [6, 6.07) is 5.12. The minimum Gasteiger partial charge on any atom is -0.419 e. The summed E-state index contributed by atoms with van der Waals surface area (Å²) in [6.45, 7) is 3.36. The predicted octanol–water partition coefficient (Wildman–Crippen LogP) is 3.85. The van der Waals surface area contributed by atoms with Crippen LogP contribution in [0.2, 0.25) is 0 Å². The first-order valence-corrected chi connectivity index (χ1v) is 5.57. The molecule has 0 saturated heterocycles. The topological polar surface area (TPSA) is 35.5 Å². The Kier molecular flexibility index (Phi) is 4.97. The molecule has 0 aliphatic carbocycles. The van der Waals surface area contributed by atoms with Crippen LogP contribution in [0.4, 0.5) is 13.2 Å². The van der Waals surface area contributed by atoms with Gasteiger partial charge in [-0.2, -0.15) is 0 Å². The molecule has 104 valence electrons. The monoisotopic (exact) mass is 274 g/mol. The molecule has 3 nitrogen and oxygen atoms in total. The maximum atomic E-state index is 12.2. The number of hydrogen-bond donors (Lipinski definition) is 0. The molecule has 1 aromatic carbocycles. The Morgan fingerprint density at radius 2 is 1.84 bits per heavy atom. The summed E-state index contributed by atoms with van der Waals surface area (Å²) in [6.07, 6.45) is -2.59. The lowest BCUT2D eigenvalue weighted by Crippen LogP contribution is -2.18. The van der Waals surface area contributed by atoms with Gasteiger partial charge in [0.2, 0.25) is 0 Å². The van der Waals surface area contributed by atoms with Gasteiger partial charge in [-0.25, -0.2) is 4.79 Å². The number of hydrogen-bond acceptors (Lipinski definition) is 3. The molecule has 0 aliphatic heterocycles. The number of benzene rings is 1. The Hall–Kier alpha value is -1.98. The molecule has 0 aliphatic rings. The Morgan fingerprint density at radius 1 is 1.26 bits per heavy atom. The van der Waals surface area contributed by atoms with E-state index >= 15 is 0 Å². The van der Waals surface area contributed by atoms with E-state index in [1.54, 1.807) is 6.08 Å². The highest BCUT2D eigenvalue weighted by Gasteiger charge is 2.32. The van der Waals surface area contributed by atoms with Gasteiger partial charge in [-0.3, -0.25) is 0 Å². The van der Waals surface area contributed by atoms with Gasteiger partial charge in [0.1, 0.15) is 0 Å². The second kappa shape index (κ2) is 6.26. The third-order valence-corrected chi connectivity index (χ3v) is 2.11. The lowest BCUT2D eigenvalue weighted by molar-refractivity contribution is -0.275. The van der Waals surface area contributed by atoms with Crippen molar-refractivity contribution in [3.63, 3.8) is 0 Å². The summed E-state index contributed by atoms with van der Waals surface area (Å²) in [4.78, 5) is 11.6. The fourth-order valence-corrected chi connectivity index (χ4v) is 1.31. The SMILES string of the molecule is CCC=C(C)C(=O)Oc1ccccc1OC(F)(F)F. The molecule has 1 rings (SSSR count). The Morgan fingerprint density at radius 3 is 2.37 bits per heavy atom. The van der Waals surface area contributed by atoms with Crippen molar-refractivity contribution in [1.29, 1.82) is 0 Å². The fourth-order valence-electron chi connectivity index (χ4n) is 1.31. The smallest absolute Gasteiger partial charge is 0.419 e. The van der Waals surface area contributed by atoms with E-state index in [-0.39, 0.29) is 5.75 Å². The quantitative estimate of drug-likeness (QED) is 0.475. The van der Waals surface area contributed by atoms with Gasteiger partial charge in [0.05, 0.1) is 0 Å². The molecule has 0 radical (unpaired) electrons. The van der Waals surface area contributed by atoms with Crippen molar-refractivity contribution in [2.24, 2.45) is 0 Å². The van der Waals surface area contributed by atoms with Crippen LogP contribution in [0.3, 0.4) is 0 Å². The van der Waals surface area contributed by atoms with E-state index in [0.717, 1.165) is 6.07 Å². The summed E-state index contributed by atoms with van der Waals surface area (Å²) < 4.78 is 45.1. The first-order chi connectivity index (χ1) is 8.83. The molecule has 0 amide bonds. The van der Waals surface area contributed by atoms with Crippen LogP contribution in [0, 0.1) is 0 Å². The highest BCUT2D eigenvalue weighted by molar-refractivity contribution is 5.89. The second-order valence-electron chi connectivity index (χ2n) is 3.68. The molecule has 0 unspecified atom stereocenters. The van der Waals surface area contributed by atoms with E-state index in [0.29, 0.717) is 12.0 Å². The number of carbonyl (C=O) groups excluding carboxylic acids is 1. The van der Waals surface area contributed by atoms with Gasteiger partial charge in [0.25, 0.3) is 0 Å². The van der Waals surface area contributed by atoms with Crippen LogP contribution < -0.4 is 9.47 Å². The summed E-state index contributed by atoms with van der Waals surface area (Å²) in [7, 11) is 0. The highest BCUT2D eigenvalue weighted by Crippen LogP contribution is 2.32. The van der Waals surface area contributed by atoms with Gasteiger partial charge in [-0.15, -0.1) is 13.2 Å². The lowest BCUT2D eigenvalue weighted by Gasteiger charge is -2.12. The molecule has 1 aromatic rings. The standard InChI is InChI=1S/C13H13F3O3/c1-3-6-9(2)12(17)18-10-7-4-5-8-11(10)19-13(14,15)16/h4-8H,3H2,1-2H3. The molecule has 0 fully saturated rings. The summed E-state index contributed by atoms with van der Waals surface area (Å²) in [5.41, 5.74) is 0.323. The molecule has 0 bridgehead atoms. The van der Waals surface area contributed by atoms with Gasteiger partial charge in [0, 0.05) is 5.57 Å². The predicted molar refractivity (Wildman–Crippen MR) is 62.8 cm³/mol. The van der Waals surface area contributed by atoms with E-state index < -0.39 is 18.1 Å². The van der Waals surface area contributed by atoms with Crippen molar-refractivity contribution in [3.8, 4) is 11.5 Å². The molecule has 0 spiro atoms. The van der Waals surface area contributed by atoms with Crippen molar-refractivity contribution in [2.45, 2.75) is 26.6 Å². The molecule has 0 N–H and O–H groups in total. The summed E-state index contributed by atoms with van der Waals surface area (Å²) >= 11 is 0. The first-order valence-electron chi connectivity index (χ1n) is 5.57. The van der Waals surface area contributed by atoms with Crippen molar-refractivity contribution < 1.29 is 27.4 Å².